The molecule has 7 heteroatoms. The van der Waals surface area contributed by atoms with Crippen LogP contribution in [0.4, 0.5) is 5.69 Å². The van der Waals surface area contributed by atoms with E-state index in [-0.39, 0.29) is 16.8 Å². The number of carboxylic acids is 1. The number of rotatable bonds is 3. The third kappa shape index (κ3) is 2.28. The van der Waals surface area contributed by atoms with Gasteiger partial charge in [0.2, 0.25) is 0 Å². The van der Waals surface area contributed by atoms with Crippen LogP contribution in [-0.2, 0) is 4.74 Å². The highest BCUT2D eigenvalue weighted by atomic mass is 16.6. The number of carbonyl (C=O) groups is 1. The summed E-state index contributed by atoms with van der Waals surface area (Å²) in [7, 11) is 0. The molecular weight excluding hydrogens is 254 g/mol. The molecule has 6 N–H and O–H groups in total. The highest BCUT2D eigenvalue weighted by Crippen LogP contribution is 2.37. The van der Waals surface area contributed by atoms with Gasteiger partial charge < -0.3 is 30.9 Å². The second-order valence-corrected chi connectivity index (χ2v) is 4.37. The van der Waals surface area contributed by atoms with E-state index in [9.17, 15) is 15.0 Å². The molecule has 7 nitrogen and oxygen atoms in total. The van der Waals surface area contributed by atoms with Gasteiger partial charge in [-0.2, -0.15) is 0 Å². The summed E-state index contributed by atoms with van der Waals surface area (Å²) in [6.45, 7) is -0.451. The summed E-state index contributed by atoms with van der Waals surface area (Å²) in [6.07, 6.45) is -4.41. The first kappa shape index (κ1) is 13.8. The van der Waals surface area contributed by atoms with Crippen LogP contribution < -0.4 is 5.73 Å². The quantitative estimate of drug-likeness (QED) is 0.450. The maximum absolute atomic E-state index is 11.0. The van der Waals surface area contributed by atoms with Crippen LogP contribution in [0.25, 0.3) is 0 Å². The van der Waals surface area contributed by atoms with E-state index >= 15 is 0 Å². The third-order valence-corrected chi connectivity index (χ3v) is 3.22. The van der Waals surface area contributed by atoms with Gasteiger partial charge in [0, 0.05) is 5.56 Å². The molecule has 1 unspecified atom stereocenters. The lowest BCUT2D eigenvalue weighted by Gasteiger charge is -2.18. The van der Waals surface area contributed by atoms with Crippen molar-refractivity contribution in [2.75, 3.05) is 12.3 Å². The number of carboxylic acid groups (broad SMARTS) is 1. The van der Waals surface area contributed by atoms with Crippen LogP contribution >= 0.6 is 0 Å². The number of anilines is 1. The Kier molecular flexibility index (Phi) is 3.72. The van der Waals surface area contributed by atoms with Crippen molar-refractivity contribution < 1.29 is 30.0 Å². The third-order valence-electron chi connectivity index (χ3n) is 3.22. The van der Waals surface area contributed by atoms with Crippen LogP contribution in [-0.4, -0.2) is 51.3 Å². The first-order chi connectivity index (χ1) is 8.97. The van der Waals surface area contributed by atoms with Crippen LogP contribution in [0.5, 0.6) is 0 Å². The van der Waals surface area contributed by atoms with Gasteiger partial charge in [0.15, 0.2) is 0 Å². The maximum Gasteiger partial charge on any atom is 0.337 e. The largest absolute Gasteiger partial charge is 0.478 e. The van der Waals surface area contributed by atoms with E-state index in [1.807, 2.05) is 0 Å². The number of hydrogen-bond donors (Lipinski definition) is 5. The number of aromatic carboxylic acids is 1. The Balaban J connectivity index is 2.38. The van der Waals surface area contributed by atoms with Crippen molar-refractivity contribution in [3.05, 3.63) is 29.3 Å². The zero-order valence-corrected chi connectivity index (χ0v) is 9.93. The Labute approximate surface area is 108 Å². The van der Waals surface area contributed by atoms with Crippen molar-refractivity contribution in [1.29, 1.82) is 0 Å². The average Bonchev–Trinajstić information content (AvgIpc) is 2.66. The molecule has 1 saturated heterocycles. The summed E-state index contributed by atoms with van der Waals surface area (Å²) in [5, 5.41) is 37.5. The zero-order chi connectivity index (χ0) is 14.2. The van der Waals surface area contributed by atoms with Gasteiger partial charge in [-0.3, -0.25) is 0 Å². The van der Waals surface area contributed by atoms with Crippen LogP contribution in [0.3, 0.4) is 0 Å². The van der Waals surface area contributed by atoms with Gasteiger partial charge in [-0.05, 0) is 6.07 Å². The standard InChI is InChI=1S/C12H15NO6/c13-8-5(2-1-3-6(8)12(17)18)11-10(16)9(15)7(4-14)19-11/h1-3,7,9-11,14-16H,4,13H2,(H,17,18)/t7-,9-,10-,11?/m1/s1. The maximum atomic E-state index is 11.0. The number of ether oxygens (including phenoxy) is 1. The van der Waals surface area contributed by atoms with Gasteiger partial charge in [0.05, 0.1) is 17.9 Å². The minimum atomic E-state index is -1.27. The van der Waals surface area contributed by atoms with Crippen molar-refractivity contribution >= 4 is 11.7 Å². The number of hydrogen-bond acceptors (Lipinski definition) is 6. The molecule has 0 bridgehead atoms. The van der Waals surface area contributed by atoms with Crippen molar-refractivity contribution in [1.82, 2.24) is 0 Å². The van der Waals surface area contributed by atoms with Crippen molar-refractivity contribution in [2.45, 2.75) is 24.4 Å². The topological polar surface area (TPSA) is 133 Å². The van der Waals surface area contributed by atoms with Crippen molar-refractivity contribution in [2.24, 2.45) is 0 Å². The fraction of sp³-hybridized carbons (Fsp3) is 0.417. The molecule has 0 saturated carbocycles. The molecule has 4 atom stereocenters. The molecule has 1 aliphatic rings. The molecule has 1 aromatic carbocycles. The second-order valence-electron chi connectivity index (χ2n) is 4.37. The number of para-hydroxylation sites is 1. The molecule has 0 amide bonds. The van der Waals surface area contributed by atoms with E-state index in [1.54, 1.807) is 0 Å². The molecule has 0 aromatic heterocycles. The molecule has 1 heterocycles. The Morgan fingerprint density at radius 2 is 2.00 bits per heavy atom. The van der Waals surface area contributed by atoms with Gasteiger partial charge >= 0.3 is 5.97 Å². The molecule has 0 spiro atoms. The normalized spacial score (nSPS) is 30.5. The summed E-state index contributed by atoms with van der Waals surface area (Å²) < 4.78 is 5.31. The lowest BCUT2D eigenvalue weighted by Crippen LogP contribution is -2.32. The van der Waals surface area contributed by atoms with E-state index in [4.69, 9.17) is 20.7 Å². The molecule has 2 rings (SSSR count). The predicted molar refractivity (Wildman–Crippen MR) is 64.5 cm³/mol. The van der Waals surface area contributed by atoms with E-state index in [0.717, 1.165) is 0 Å². The first-order valence-electron chi connectivity index (χ1n) is 5.71. The van der Waals surface area contributed by atoms with Crippen LogP contribution in [0.15, 0.2) is 18.2 Å². The summed E-state index contributed by atoms with van der Waals surface area (Å²) in [6, 6.07) is 4.33. The highest BCUT2D eigenvalue weighted by Gasteiger charge is 2.43. The lowest BCUT2D eigenvalue weighted by molar-refractivity contribution is -0.0225. The van der Waals surface area contributed by atoms with Gasteiger partial charge in [0.1, 0.15) is 24.4 Å². The summed E-state index contributed by atoms with van der Waals surface area (Å²) >= 11 is 0. The molecule has 0 radical (unpaired) electrons. The minimum Gasteiger partial charge on any atom is -0.478 e. The SMILES string of the molecule is Nc1c(C(=O)O)cccc1C1O[C@H](CO)[C@@H](O)[C@H]1O. The molecule has 1 aromatic rings. The Hall–Kier alpha value is -1.67. The number of nitrogens with two attached hydrogens (primary N) is 1. The zero-order valence-electron chi connectivity index (χ0n) is 9.93. The van der Waals surface area contributed by atoms with Gasteiger partial charge in [0.25, 0.3) is 0 Å². The lowest BCUT2D eigenvalue weighted by atomic mass is 9.98. The second kappa shape index (κ2) is 5.14. The van der Waals surface area contributed by atoms with E-state index in [1.165, 1.54) is 18.2 Å². The van der Waals surface area contributed by atoms with E-state index in [0.29, 0.717) is 0 Å². The number of aliphatic hydroxyl groups excluding tert-OH is 3. The van der Waals surface area contributed by atoms with Gasteiger partial charge in [-0.1, -0.05) is 12.1 Å². The van der Waals surface area contributed by atoms with E-state index in [2.05, 4.69) is 0 Å². The number of aliphatic hydroxyl groups is 3. The van der Waals surface area contributed by atoms with Crippen LogP contribution in [0, 0.1) is 0 Å². The van der Waals surface area contributed by atoms with Crippen molar-refractivity contribution in [3.63, 3.8) is 0 Å². The smallest absolute Gasteiger partial charge is 0.337 e. The summed E-state index contributed by atoms with van der Waals surface area (Å²) in [5.74, 6) is -1.19. The van der Waals surface area contributed by atoms with Gasteiger partial charge in [-0.15, -0.1) is 0 Å². The molecular formula is C12H15NO6. The monoisotopic (exact) mass is 269 g/mol. The summed E-state index contributed by atoms with van der Waals surface area (Å²) in [5.41, 5.74) is 5.90. The Bertz CT molecular complexity index is 491. The van der Waals surface area contributed by atoms with Gasteiger partial charge in [-0.25, -0.2) is 4.79 Å². The van der Waals surface area contributed by atoms with Crippen molar-refractivity contribution in [3.8, 4) is 0 Å². The fourth-order valence-electron chi connectivity index (χ4n) is 2.17. The molecule has 1 aliphatic heterocycles. The summed E-state index contributed by atoms with van der Waals surface area (Å²) in [4.78, 5) is 11.0. The molecule has 104 valence electrons. The highest BCUT2D eigenvalue weighted by molar-refractivity contribution is 5.94. The molecule has 1 fully saturated rings. The Morgan fingerprint density at radius 3 is 2.53 bits per heavy atom. The Morgan fingerprint density at radius 1 is 1.32 bits per heavy atom. The average molecular weight is 269 g/mol. The fourth-order valence-corrected chi connectivity index (χ4v) is 2.17. The van der Waals surface area contributed by atoms with E-state index < -0.39 is 37.0 Å². The predicted octanol–water partition coefficient (Wildman–Crippen LogP) is -0.879. The molecule has 0 aliphatic carbocycles. The molecule has 19 heavy (non-hydrogen) atoms. The first-order valence-corrected chi connectivity index (χ1v) is 5.71. The minimum absolute atomic E-state index is 0.0233. The van der Waals surface area contributed by atoms with Crippen LogP contribution in [0.2, 0.25) is 0 Å². The number of benzene rings is 1. The van der Waals surface area contributed by atoms with Crippen LogP contribution in [0.1, 0.15) is 22.0 Å². The number of nitrogen functional groups attached to an aromatic ring is 1.